The molecule has 0 aliphatic carbocycles. The monoisotopic (exact) mass is 266 g/mol. The number of carbonyl (C=O) groups is 1. The zero-order valence-corrected chi connectivity index (χ0v) is 11.4. The van der Waals surface area contributed by atoms with Gasteiger partial charge < -0.3 is 10.3 Å². The molecule has 17 heavy (non-hydrogen) atoms. The molecule has 0 unspecified atom stereocenters. The number of hydrogen-bond donors (Lipinski definition) is 2. The molecule has 1 aromatic carbocycles. The Morgan fingerprint density at radius 2 is 2.12 bits per heavy atom. The molecule has 0 aliphatic rings. The predicted octanol–water partition coefficient (Wildman–Crippen LogP) is 3.46. The highest BCUT2D eigenvalue weighted by Crippen LogP contribution is 2.28. The van der Waals surface area contributed by atoms with Crippen molar-refractivity contribution in [3.63, 3.8) is 0 Å². The van der Waals surface area contributed by atoms with E-state index in [1.807, 2.05) is 18.4 Å². The van der Waals surface area contributed by atoms with Crippen LogP contribution in [0.15, 0.2) is 29.3 Å². The van der Waals surface area contributed by atoms with Crippen LogP contribution in [0, 0.1) is 0 Å². The molecule has 1 heterocycles. The lowest BCUT2D eigenvalue weighted by Gasteiger charge is -2.04. The number of aromatic nitrogens is 1. The van der Waals surface area contributed by atoms with Crippen LogP contribution in [0.25, 0.3) is 10.9 Å². The standard InChI is InChI=1S/C12H14N2OS2/c1-16-11-9(7-13-12(15)17-2)8-5-3-4-6-10(8)14-11/h3-6,14H,7H2,1-2H3,(H,13,15). The van der Waals surface area contributed by atoms with Crippen molar-refractivity contribution in [2.24, 2.45) is 0 Å². The molecule has 0 saturated heterocycles. The van der Waals surface area contributed by atoms with E-state index in [0.29, 0.717) is 6.54 Å². The molecule has 3 nitrogen and oxygen atoms in total. The zero-order chi connectivity index (χ0) is 12.3. The van der Waals surface area contributed by atoms with Gasteiger partial charge in [-0.15, -0.1) is 11.8 Å². The molecule has 0 aliphatic heterocycles. The number of H-pyrrole nitrogens is 1. The highest BCUT2D eigenvalue weighted by molar-refractivity contribution is 8.12. The minimum absolute atomic E-state index is 0.00216. The summed E-state index contributed by atoms with van der Waals surface area (Å²) in [7, 11) is 0. The van der Waals surface area contributed by atoms with Gasteiger partial charge in [-0.3, -0.25) is 4.79 Å². The quantitative estimate of drug-likeness (QED) is 0.836. The zero-order valence-electron chi connectivity index (χ0n) is 9.74. The summed E-state index contributed by atoms with van der Waals surface area (Å²) in [5.74, 6) is 0. The van der Waals surface area contributed by atoms with Gasteiger partial charge in [0.15, 0.2) is 0 Å². The third-order valence-electron chi connectivity index (χ3n) is 2.57. The van der Waals surface area contributed by atoms with Crippen molar-refractivity contribution in [1.82, 2.24) is 10.3 Å². The van der Waals surface area contributed by atoms with Crippen LogP contribution in [0.1, 0.15) is 5.56 Å². The van der Waals surface area contributed by atoms with Gasteiger partial charge >= 0.3 is 0 Å². The van der Waals surface area contributed by atoms with E-state index in [-0.39, 0.29) is 5.24 Å². The fourth-order valence-electron chi connectivity index (χ4n) is 1.76. The number of nitrogens with one attached hydrogen (secondary N) is 2. The second kappa shape index (κ2) is 5.51. The molecule has 2 rings (SSSR count). The first kappa shape index (κ1) is 12.4. The largest absolute Gasteiger partial charge is 0.349 e. The Labute approximate surface area is 109 Å². The maximum atomic E-state index is 11.3. The minimum Gasteiger partial charge on any atom is -0.349 e. The number of rotatable bonds is 3. The van der Waals surface area contributed by atoms with Crippen molar-refractivity contribution in [2.45, 2.75) is 11.6 Å². The third kappa shape index (κ3) is 2.61. The average molecular weight is 266 g/mol. The second-order valence-electron chi connectivity index (χ2n) is 3.53. The first-order chi connectivity index (χ1) is 8.26. The van der Waals surface area contributed by atoms with Gasteiger partial charge in [0.05, 0.1) is 5.03 Å². The number of para-hydroxylation sites is 1. The van der Waals surface area contributed by atoms with Gasteiger partial charge in [-0.2, -0.15) is 0 Å². The molecule has 0 fully saturated rings. The first-order valence-electron chi connectivity index (χ1n) is 5.21. The van der Waals surface area contributed by atoms with Crippen LogP contribution in [0.2, 0.25) is 0 Å². The number of hydrogen-bond acceptors (Lipinski definition) is 3. The molecular formula is C12H14N2OS2. The van der Waals surface area contributed by atoms with Gasteiger partial charge in [-0.05, 0) is 18.6 Å². The van der Waals surface area contributed by atoms with Crippen LogP contribution in [0.4, 0.5) is 4.79 Å². The van der Waals surface area contributed by atoms with Crippen LogP contribution in [-0.4, -0.2) is 22.7 Å². The molecule has 1 aromatic heterocycles. The first-order valence-corrected chi connectivity index (χ1v) is 7.66. The molecule has 0 radical (unpaired) electrons. The molecule has 2 N–H and O–H groups in total. The van der Waals surface area contributed by atoms with E-state index < -0.39 is 0 Å². The molecule has 5 heteroatoms. The Kier molecular flexibility index (Phi) is 4.02. The maximum absolute atomic E-state index is 11.3. The summed E-state index contributed by atoms with van der Waals surface area (Å²) < 4.78 is 0. The van der Waals surface area contributed by atoms with Gasteiger partial charge in [-0.25, -0.2) is 0 Å². The third-order valence-corrected chi connectivity index (χ3v) is 3.85. The summed E-state index contributed by atoms with van der Waals surface area (Å²) in [5, 5.41) is 5.19. The van der Waals surface area contributed by atoms with E-state index in [4.69, 9.17) is 0 Å². The van der Waals surface area contributed by atoms with Crippen molar-refractivity contribution in [3.8, 4) is 0 Å². The maximum Gasteiger partial charge on any atom is 0.279 e. The lowest BCUT2D eigenvalue weighted by molar-refractivity contribution is 0.260. The van der Waals surface area contributed by atoms with Crippen LogP contribution in [0.5, 0.6) is 0 Å². The summed E-state index contributed by atoms with van der Waals surface area (Å²) in [6, 6.07) is 8.15. The van der Waals surface area contributed by atoms with Crippen molar-refractivity contribution >= 4 is 39.7 Å². The van der Waals surface area contributed by atoms with Gasteiger partial charge in [0.1, 0.15) is 0 Å². The SMILES string of the molecule is CSC(=O)NCc1c(SC)[nH]c2ccccc12. The molecular weight excluding hydrogens is 252 g/mol. The summed E-state index contributed by atoms with van der Waals surface area (Å²) in [6.07, 6.45) is 3.81. The topological polar surface area (TPSA) is 44.9 Å². The van der Waals surface area contributed by atoms with E-state index >= 15 is 0 Å². The number of amides is 1. The summed E-state index contributed by atoms with van der Waals surface area (Å²) in [5.41, 5.74) is 2.28. The molecule has 0 saturated carbocycles. The van der Waals surface area contributed by atoms with Crippen molar-refractivity contribution in [3.05, 3.63) is 29.8 Å². The molecule has 0 spiro atoms. The normalized spacial score (nSPS) is 10.7. The Bertz CT molecular complexity index is 536. The molecule has 90 valence electrons. The van der Waals surface area contributed by atoms with Gasteiger partial charge in [0.2, 0.25) is 0 Å². The number of benzene rings is 1. The van der Waals surface area contributed by atoms with E-state index in [0.717, 1.165) is 16.1 Å². The van der Waals surface area contributed by atoms with Gasteiger partial charge in [0.25, 0.3) is 5.24 Å². The van der Waals surface area contributed by atoms with Crippen LogP contribution < -0.4 is 5.32 Å². The van der Waals surface area contributed by atoms with E-state index in [2.05, 4.69) is 22.4 Å². The number of aromatic amines is 1. The average Bonchev–Trinajstić information content (AvgIpc) is 2.73. The predicted molar refractivity (Wildman–Crippen MR) is 75.8 cm³/mol. The lowest BCUT2D eigenvalue weighted by Crippen LogP contribution is -2.17. The van der Waals surface area contributed by atoms with E-state index in [1.54, 1.807) is 18.0 Å². The smallest absolute Gasteiger partial charge is 0.279 e. The van der Waals surface area contributed by atoms with Crippen LogP contribution in [-0.2, 0) is 6.54 Å². The van der Waals surface area contributed by atoms with E-state index in [1.165, 1.54) is 17.1 Å². The lowest BCUT2D eigenvalue weighted by atomic mass is 10.2. The highest BCUT2D eigenvalue weighted by Gasteiger charge is 2.10. The molecule has 0 atom stereocenters. The highest BCUT2D eigenvalue weighted by atomic mass is 32.2. The fraction of sp³-hybridized carbons (Fsp3) is 0.250. The number of carbonyl (C=O) groups excluding carboxylic acids is 1. The second-order valence-corrected chi connectivity index (χ2v) is 5.12. The molecule has 1 amide bonds. The van der Waals surface area contributed by atoms with Gasteiger partial charge in [0, 0.05) is 23.0 Å². The summed E-state index contributed by atoms with van der Waals surface area (Å²) in [6.45, 7) is 0.569. The summed E-state index contributed by atoms with van der Waals surface area (Å²) in [4.78, 5) is 14.6. The Morgan fingerprint density at radius 3 is 2.82 bits per heavy atom. The molecule has 0 bridgehead atoms. The van der Waals surface area contributed by atoms with Crippen molar-refractivity contribution in [2.75, 3.05) is 12.5 Å². The van der Waals surface area contributed by atoms with Crippen LogP contribution >= 0.6 is 23.5 Å². The Morgan fingerprint density at radius 1 is 1.35 bits per heavy atom. The Balaban J connectivity index is 2.33. The molecule has 2 aromatic rings. The number of thioether (sulfide) groups is 2. The van der Waals surface area contributed by atoms with E-state index in [9.17, 15) is 4.79 Å². The number of fused-ring (bicyclic) bond motifs is 1. The Hall–Kier alpha value is -1.07. The van der Waals surface area contributed by atoms with Crippen molar-refractivity contribution in [1.29, 1.82) is 0 Å². The van der Waals surface area contributed by atoms with Crippen molar-refractivity contribution < 1.29 is 4.79 Å². The fourth-order valence-corrected chi connectivity index (χ4v) is 2.61. The van der Waals surface area contributed by atoms with Crippen LogP contribution in [0.3, 0.4) is 0 Å². The summed E-state index contributed by atoms with van der Waals surface area (Å²) >= 11 is 2.87. The van der Waals surface area contributed by atoms with Gasteiger partial charge in [-0.1, -0.05) is 30.0 Å². The minimum atomic E-state index is 0.00216.